The highest BCUT2D eigenvalue weighted by Crippen LogP contribution is 2.35. The Morgan fingerprint density at radius 2 is 1.87 bits per heavy atom. The molecule has 5 nitrogen and oxygen atoms in total. The highest BCUT2D eigenvalue weighted by atomic mass is 32.2. The van der Waals surface area contributed by atoms with Gasteiger partial charge in [0.1, 0.15) is 0 Å². The smallest absolute Gasteiger partial charge is 0.293 e. The average molecular weight is 426 g/mol. The molecule has 0 spiro atoms. The predicted octanol–water partition coefficient (Wildman–Crippen LogP) is 5.81. The lowest BCUT2D eigenvalue weighted by molar-refractivity contribution is -0.123. The third-order valence-corrected chi connectivity index (χ3v) is 5.52. The lowest BCUT2D eigenvalue weighted by Gasteiger charge is -2.13. The first-order valence-corrected chi connectivity index (χ1v) is 11.0. The summed E-state index contributed by atoms with van der Waals surface area (Å²) in [6.07, 6.45) is 3.77. The van der Waals surface area contributed by atoms with Gasteiger partial charge in [-0.3, -0.25) is 14.5 Å². The number of imide groups is 1. The first kappa shape index (κ1) is 22.0. The highest BCUT2D eigenvalue weighted by molar-refractivity contribution is 8.18. The Hall–Kier alpha value is -2.73. The first-order chi connectivity index (χ1) is 14.5. The summed E-state index contributed by atoms with van der Waals surface area (Å²) >= 11 is 0.967. The zero-order valence-electron chi connectivity index (χ0n) is 17.6. The van der Waals surface area contributed by atoms with Gasteiger partial charge in [0, 0.05) is 0 Å². The monoisotopic (exact) mass is 425 g/mol. The third-order valence-electron chi connectivity index (χ3n) is 4.62. The average Bonchev–Trinajstić information content (AvgIpc) is 2.97. The fourth-order valence-electron chi connectivity index (χ4n) is 3.11. The van der Waals surface area contributed by atoms with Gasteiger partial charge in [0.2, 0.25) is 0 Å². The van der Waals surface area contributed by atoms with E-state index in [4.69, 9.17) is 9.47 Å². The SMILES string of the molecule is CCCCOc1ccc(/C=C2\SC(=O)N(Cc3cccc(C)c3)C2=O)cc1OCC. The summed E-state index contributed by atoms with van der Waals surface area (Å²) in [5.74, 6) is 1.06. The van der Waals surface area contributed by atoms with Crippen molar-refractivity contribution in [3.05, 3.63) is 64.1 Å². The second kappa shape index (κ2) is 10.3. The van der Waals surface area contributed by atoms with Crippen LogP contribution in [0.2, 0.25) is 0 Å². The quantitative estimate of drug-likeness (QED) is 0.375. The normalized spacial score (nSPS) is 15.2. The van der Waals surface area contributed by atoms with Crippen molar-refractivity contribution >= 4 is 29.0 Å². The minimum Gasteiger partial charge on any atom is -0.490 e. The minimum absolute atomic E-state index is 0.252. The Bertz CT molecular complexity index is 954. The van der Waals surface area contributed by atoms with Crippen molar-refractivity contribution < 1.29 is 19.1 Å². The van der Waals surface area contributed by atoms with Crippen molar-refractivity contribution in [2.75, 3.05) is 13.2 Å². The molecule has 2 aromatic carbocycles. The molecule has 1 fully saturated rings. The lowest BCUT2D eigenvalue weighted by atomic mass is 10.1. The summed E-state index contributed by atoms with van der Waals surface area (Å²) in [5.41, 5.74) is 2.83. The van der Waals surface area contributed by atoms with Crippen molar-refractivity contribution in [1.82, 2.24) is 4.90 Å². The number of rotatable bonds is 9. The number of nitrogens with zero attached hydrogens (tertiary/aromatic N) is 1. The molecule has 0 aromatic heterocycles. The van der Waals surface area contributed by atoms with Crippen molar-refractivity contribution in [2.24, 2.45) is 0 Å². The molecule has 2 amide bonds. The fourth-order valence-corrected chi connectivity index (χ4v) is 3.95. The molecule has 1 aliphatic rings. The predicted molar refractivity (Wildman–Crippen MR) is 121 cm³/mol. The Morgan fingerprint density at radius 3 is 2.60 bits per heavy atom. The van der Waals surface area contributed by atoms with Gasteiger partial charge < -0.3 is 9.47 Å². The zero-order valence-corrected chi connectivity index (χ0v) is 18.5. The van der Waals surface area contributed by atoms with Gasteiger partial charge in [-0.25, -0.2) is 0 Å². The van der Waals surface area contributed by atoms with Crippen LogP contribution in [0.15, 0.2) is 47.4 Å². The van der Waals surface area contributed by atoms with Gasteiger partial charge in [0.15, 0.2) is 11.5 Å². The minimum atomic E-state index is -0.271. The van der Waals surface area contributed by atoms with E-state index in [9.17, 15) is 9.59 Å². The number of thioether (sulfide) groups is 1. The number of hydrogen-bond donors (Lipinski definition) is 0. The molecule has 0 bridgehead atoms. The number of carbonyl (C=O) groups excluding carboxylic acids is 2. The summed E-state index contributed by atoms with van der Waals surface area (Å²) < 4.78 is 11.5. The van der Waals surface area contributed by atoms with Crippen LogP contribution in [0.1, 0.15) is 43.4 Å². The third kappa shape index (κ3) is 5.45. The number of carbonyl (C=O) groups is 2. The summed E-state index contributed by atoms with van der Waals surface area (Å²) in [4.78, 5) is 26.9. The molecular formula is C24H27NO4S. The molecule has 0 unspecified atom stereocenters. The van der Waals surface area contributed by atoms with E-state index in [1.165, 1.54) is 4.90 Å². The van der Waals surface area contributed by atoms with Gasteiger partial charge in [0.25, 0.3) is 11.1 Å². The van der Waals surface area contributed by atoms with E-state index in [-0.39, 0.29) is 17.7 Å². The number of benzene rings is 2. The van der Waals surface area contributed by atoms with Gasteiger partial charge >= 0.3 is 0 Å². The number of unbranched alkanes of at least 4 members (excludes halogenated alkanes) is 1. The summed E-state index contributed by atoms with van der Waals surface area (Å²) in [5, 5.41) is -0.252. The Kier molecular flexibility index (Phi) is 7.57. The standard InChI is InChI=1S/C24H27NO4S/c1-4-6-12-29-20-11-10-18(14-21(20)28-5-2)15-22-23(26)25(24(27)30-22)16-19-9-7-8-17(3)13-19/h7-11,13-15H,4-6,12,16H2,1-3H3/b22-15-. The molecule has 1 aliphatic heterocycles. The van der Waals surface area contributed by atoms with Crippen LogP contribution >= 0.6 is 11.8 Å². The van der Waals surface area contributed by atoms with Gasteiger partial charge in [-0.15, -0.1) is 0 Å². The van der Waals surface area contributed by atoms with Crippen LogP contribution in [0, 0.1) is 6.92 Å². The van der Waals surface area contributed by atoms with E-state index in [1.54, 1.807) is 6.08 Å². The summed E-state index contributed by atoms with van der Waals surface area (Å²) in [6.45, 7) is 7.44. The summed E-state index contributed by atoms with van der Waals surface area (Å²) in [6, 6.07) is 13.4. The van der Waals surface area contributed by atoms with Gasteiger partial charge in [0.05, 0.1) is 24.7 Å². The van der Waals surface area contributed by atoms with E-state index in [2.05, 4.69) is 6.92 Å². The summed E-state index contributed by atoms with van der Waals surface area (Å²) in [7, 11) is 0. The van der Waals surface area contributed by atoms with E-state index in [0.29, 0.717) is 29.6 Å². The molecule has 0 atom stereocenters. The largest absolute Gasteiger partial charge is 0.490 e. The topological polar surface area (TPSA) is 55.8 Å². The lowest BCUT2D eigenvalue weighted by Crippen LogP contribution is -2.27. The van der Waals surface area contributed by atoms with Gasteiger partial charge in [-0.2, -0.15) is 0 Å². The van der Waals surface area contributed by atoms with Crippen LogP contribution < -0.4 is 9.47 Å². The maximum Gasteiger partial charge on any atom is 0.293 e. The maximum absolute atomic E-state index is 12.8. The Morgan fingerprint density at radius 1 is 1.03 bits per heavy atom. The van der Waals surface area contributed by atoms with Crippen LogP contribution in [-0.2, 0) is 11.3 Å². The molecule has 1 heterocycles. The first-order valence-electron chi connectivity index (χ1n) is 10.2. The van der Waals surface area contributed by atoms with Gasteiger partial charge in [-0.1, -0.05) is 49.2 Å². The van der Waals surface area contributed by atoms with E-state index < -0.39 is 0 Å². The van der Waals surface area contributed by atoms with E-state index in [0.717, 1.165) is 41.3 Å². The maximum atomic E-state index is 12.8. The van der Waals surface area contributed by atoms with Crippen LogP contribution in [0.4, 0.5) is 4.79 Å². The molecule has 0 aliphatic carbocycles. The van der Waals surface area contributed by atoms with Crippen molar-refractivity contribution in [3.8, 4) is 11.5 Å². The molecule has 6 heteroatoms. The Labute approximate surface area is 182 Å². The molecule has 0 N–H and O–H groups in total. The fraction of sp³-hybridized carbons (Fsp3) is 0.333. The van der Waals surface area contributed by atoms with Crippen LogP contribution in [0.25, 0.3) is 6.08 Å². The number of aryl methyl sites for hydroxylation is 1. The second-order valence-electron chi connectivity index (χ2n) is 7.10. The molecule has 0 saturated carbocycles. The van der Waals surface area contributed by atoms with Crippen LogP contribution in [0.3, 0.4) is 0 Å². The second-order valence-corrected chi connectivity index (χ2v) is 8.09. The molecule has 1 saturated heterocycles. The number of ether oxygens (including phenoxy) is 2. The van der Waals surface area contributed by atoms with Gasteiger partial charge in [-0.05, 0) is 61.4 Å². The number of amides is 2. The molecule has 0 radical (unpaired) electrons. The zero-order chi connectivity index (χ0) is 21.5. The van der Waals surface area contributed by atoms with E-state index >= 15 is 0 Å². The molecule has 2 aromatic rings. The molecule has 158 valence electrons. The van der Waals surface area contributed by atoms with Crippen LogP contribution in [0.5, 0.6) is 11.5 Å². The van der Waals surface area contributed by atoms with Crippen molar-refractivity contribution in [2.45, 2.75) is 40.2 Å². The molecule has 30 heavy (non-hydrogen) atoms. The van der Waals surface area contributed by atoms with Crippen molar-refractivity contribution in [1.29, 1.82) is 0 Å². The molecule has 3 rings (SSSR count). The van der Waals surface area contributed by atoms with E-state index in [1.807, 2.05) is 56.3 Å². The van der Waals surface area contributed by atoms with Crippen LogP contribution in [-0.4, -0.2) is 29.3 Å². The molecular weight excluding hydrogens is 398 g/mol. The number of hydrogen-bond acceptors (Lipinski definition) is 5. The highest BCUT2D eigenvalue weighted by Gasteiger charge is 2.35. The van der Waals surface area contributed by atoms with Crippen molar-refractivity contribution in [3.63, 3.8) is 0 Å². The Balaban J connectivity index is 1.78.